The highest BCUT2D eigenvalue weighted by Gasteiger charge is 2.27. The van der Waals surface area contributed by atoms with Crippen molar-refractivity contribution in [1.82, 2.24) is 19.4 Å². The highest BCUT2D eigenvalue weighted by Crippen LogP contribution is 2.35. The average Bonchev–Trinajstić information content (AvgIpc) is 3.39. The number of anilines is 2. The van der Waals surface area contributed by atoms with Crippen LogP contribution in [0.4, 0.5) is 10.9 Å². The summed E-state index contributed by atoms with van der Waals surface area (Å²) in [5.41, 5.74) is 4.35. The van der Waals surface area contributed by atoms with Gasteiger partial charge in [-0.15, -0.1) is 11.3 Å². The van der Waals surface area contributed by atoms with Crippen LogP contribution >= 0.6 is 11.3 Å². The Bertz CT molecular complexity index is 1250. The number of fused-ring (bicyclic) bond motifs is 1. The molecule has 3 aromatic heterocycles. The molecule has 0 bridgehead atoms. The van der Waals surface area contributed by atoms with E-state index in [0.717, 1.165) is 30.3 Å². The van der Waals surface area contributed by atoms with Gasteiger partial charge in [-0.2, -0.15) is 5.26 Å². The molecule has 1 atom stereocenters. The Labute approximate surface area is 185 Å². The number of aryl methyl sites for hydroxylation is 1. The lowest BCUT2D eigenvalue weighted by atomic mass is 9.99. The minimum absolute atomic E-state index is 0.318. The van der Waals surface area contributed by atoms with E-state index in [4.69, 9.17) is 10.2 Å². The van der Waals surface area contributed by atoms with Crippen LogP contribution in [0.1, 0.15) is 42.1 Å². The van der Waals surface area contributed by atoms with Crippen molar-refractivity contribution < 1.29 is 0 Å². The molecule has 156 valence electrons. The van der Waals surface area contributed by atoms with Gasteiger partial charge in [-0.3, -0.25) is 4.90 Å². The summed E-state index contributed by atoms with van der Waals surface area (Å²) < 4.78 is 2.22. The van der Waals surface area contributed by atoms with Crippen LogP contribution in [0.2, 0.25) is 0 Å². The van der Waals surface area contributed by atoms with Crippen molar-refractivity contribution in [3.8, 4) is 6.07 Å². The van der Waals surface area contributed by atoms with E-state index in [2.05, 4.69) is 68.7 Å². The number of nitriles is 1. The number of hydrogen-bond acceptors (Lipinski definition) is 6. The number of likely N-dealkylation sites (tertiary alicyclic amines) is 1. The van der Waals surface area contributed by atoms with E-state index in [1.165, 1.54) is 29.3 Å². The number of thiazole rings is 1. The molecule has 1 saturated heterocycles. The third kappa shape index (κ3) is 4.05. The van der Waals surface area contributed by atoms with E-state index in [9.17, 15) is 0 Å². The first-order valence-electron chi connectivity index (χ1n) is 10.6. The van der Waals surface area contributed by atoms with Gasteiger partial charge in [0.05, 0.1) is 23.4 Å². The van der Waals surface area contributed by atoms with E-state index >= 15 is 0 Å². The molecule has 4 heterocycles. The quantitative estimate of drug-likeness (QED) is 0.463. The van der Waals surface area contributed by atoms with Crippen LogP contribution in [0.3, 0.4) is 0 Å². The molecule has 1 aliphatic heterocycles. The van der Waals surface area contributed by atoms with Crippen LogP contribution < -0.4 is 5.32 Å². The first kappa shape index (κ1) is 19.7. The Morgan fingerprint density at radius 1 is 1.26 bits per heavy atom. The van der Waals surface area contributed by atoms with Crippen molar-refractivity contribution in [1.29, 1.82) is 5.26 Å². The zero-order chi connectivity index (χ0) is 21.2. The van der Waals surface area contributed by atoms with Crippen LogP contribution in [-0.2, 0) is 13.6 Å². The molecule has 31 heavy (non-hydrogen) atoms. The minimum Gasteiger partial charge on any atom is -0.350 e. The monoisotopic (exact) mass is 428 g/mol. The maximum atomic E-state index is 9.09. The van der Waals surface area contributed by atoms with Gasteiger partial charge in [-0.1, -0.05) is 24.6 Å². The Morgan fingerprint density at radius 3 is 3.06 bits per heavy atom. The predicted molar refractivity (Wildman–Crippen MR) is 124 cm³/mol. The van der Waals surface area contributed by atoms with Gasteiger partial charge in [0.25, 0.3) is 0 Å². The summed E-state index contributed by atoms with van der Waals surface area (Å²) in [7, 11) is 2.12. The number of pyridine rings is 1. The van der Waals surface area contributed by atoms with Gasteiger partial charge in [-0.25, -0.2) is 9.97 Å². The molecule has 1 N–H and O–H groups in total. The molecule has 0 amide bonds. The molecule has 7 heteroatoms. The van der Waals surface area contributed by atoms with Crippen molar-refractivity contribution in [3.05, 3.63) is 71.0 Å². The molecular weight excluding hydrogens is 404 g/mol. The molecule has 0 radical (unpaired) electrons. The molecule has 0 unspecified atom stereocenters. The number of para-hydroxylation sites is 1. The molecule has 1 aromatic carbocycles. The normalized spacial score (nSPS) is 17.0. The first-order chi connectivity index (χ1) is 15.2. The Kier molecular flexibility index (Phi) is 5.41. The highest BCUT2D eigenvalue weighted by molar-refractivity contribution is 7.13. The maximum Gasteiger partial charge on any atom is 0.188 e. The van der Waals surface area contributed by atoms with Crippen LogP contribution in [0, 0.1) is 11.3 Å². The van der Waals surface area contributed by atoms with Crippen LogP contribution in [-0.4, -0.2) is 26.0 Å². The second-order valence-electron chi connectivity index (χ2n) is 8.01. The fourth-order valence-corrected chi connectivity index (χ4v) is 5.22. The molecule has 4 aromatic rings. The third-order valence-corrected chi connectivity index (χ3v) is 6.73. The van der Waals surface area contributed by atoms with Crippen molar-refractivity contribution in [2.45, 2.75) is 31.8 Å². The SMILES string of the molecule is Cn1cc(CN2CCCC[C@H]2c2csc(Nc3cc(C#N)ccn3)n2)c2ccccc21. The lowest BCUT2D eigenvalue weighted by Gasteiger charge is -2.34. The number of nitrogens with zero attached hydrogens (tertiary/aromatic N) is 5. The summed E-state index contributed by atoms with van der Waals surface area (Å²) >= 11 is 1.59. The summed E-state index contributed by atoms with van der Waals surface area (Å²) in [6, 6.07) is 14.5. The van der Waals surface area contributed by atoms with Crippen LogP contribution in [0.15, 0.2) is 54.2 Å². The van der Waals surface area contributed by atoms with E-state index in [0.29, 0.717) is 17.4 Å². The number of rotatable bonds is 5. The maximum absolute atomic E-state index is 9.09. The first-order valence-corrected chi connectivity index (χ1v) is 11.4. The second kappa shape index (κ2) is 8.50. The third-order valence-electron chi connectivity index (χ3n) is 5.95. The Balaban J connectivity index is 1.37. The van der Waals surface area contributed by atoms with Crippen molar-refractivity contribution in [2.75, 3.05) is 11.9 Å². The lowest BCUT2D eigenvalue weighted by Crippen LogP contribution is -2.33. The smallest absolute Gasteiger partial charge is 0.188 e. The number of hydrogen-bond donors (Lipinski definition) is 1. The van der Waals surface area contributed by atoms with E-state index in [1.54, 1.807) is 29.7 Å². The number of benzene rings is 1. The van der Waals surface area contributed by atoms with Gasteiger partial charge in [-0.05, 0) is 43.1 Å². The summed E-state index contributed by atoms with van der Waals surface area (Å²) in [6.07, 6.45) is 7.47. The van der Waals surface area contributed by atoms with Crippen molar-refractivity contribution >= 4 is 33.2 Å². The van der Waals surface area contributed by atoms with Gasteiger partial charge in [0.1, 0.15) is 5.82 Å². The average molecular weight is 429 g/mol. The molecule has 5 rings (SSSR count). The Morgan fingerprint density at radius 2 is 2.16 bits per heavy atom. The topological polar surface area (TPSA) is 69.8 Å². The number of aromatic nitrogens is 3. The predicted octanol–water partition coefficient (Wildman–Crippen LogP) is 5.37. The van der Waals surface area contributed by atoms with Gasteiger partial charge in [0, 0.05) is 42.3 Å². The Hall–Kier alpha value is -3.21. The van der Waals surface area contributed by atoms with Crippen LogP contribution in [0.25, 0.3) is 10.9 Å². The number of nitrogens with one attached hydrogen (secondary N) is 1. The molecule has 6 nitrogen and oxygen atoms in total. The molecule has 0 aliphatic carbocycles. The number of piperidine rings is 1. The fraction of sp³-hybridized carbons (Fsp3) is 0.292. The largest absolute Gasteiger partial charge is 0.350 e. The lowest BCUT2D eigenvalue weighted by molar-refractivity contribution is 0.138. The minimum atomic E-state index is 0.318. The van der Waals surface area contributed by atoms with Gasteiger partial charge in [0.2, 0.25) is 0 Å². The highest BCUT2D eigenvalue weighted by atomic mass is 32.1. The summed E-state index contributed by atoms with van der Waals surface area (Å²) in [5, 5.41) is 16.6. The second-order valence-corrected chi connectivity index (χ2v) is 8.87. The molecular formula is C24H24N6S. The summed E-state index contributed by atoms with van der Waals surface area (Å²) in [4.78, 5) is 11.7. The van der Waals surface area contributed by atoms with E-state index < -0.39 is 0 Å². The van der Waals surface area contributed by atoms with Gasteiger partial charge >= 0.3 is 0 Å². The molecule has 0 spiro atoms. The zero-order valence-corrected chi connectivity index (χ0v) is 18.3. The van der Waals surface area contributed by atoms with Gasteiger partial charge in [0.15, 0.2) is 5.13 Å². The van der Waals surface area contributed by atoms with E-state index in [1.807, 2.05) is 0 Å². The van der Waals surface area contributed by atoms with Crippen molar-refractivity contribution in [2.24, 2.45) is 7.05 Å². The zero-order valence-electron chi connectivity index (χ0n) is 17.5. The van der Waals surface area contributed by atoms with Crippen molar-refractivity contribution in [3.63, 3.8) is 0 Å². The summed E-state index contributed by atoms with van der Waals surface area (Å²) in [6.45, 7) is 2.01. The van der Waals surface area contributed by atoms with Gasteiger partial charge < -0.3 is 9.88 Å². The standard InChI is InChI=1S/C24H24N6S/c1-29-14-18(19-6-2-3-7-21(19)29)15-30-11-5-4-8-22(30)20-16-31-24(27-20)28-23-12-17(13-25)9-10-26-23/h2-3,6-7,9-10,12,14,16,22H,4-5,8,11,15H2,1H3,(H,26,27,28)/t22-/m0/s1. The summed E-state index contributed by atoms with van der Waals surface area (Å²) in [5.74, 6) is 0.649. The molecule has 1 aliphatic rings. The molecule has 1 fully saturated rings. The van der Waals surface area contributed by atoms with Crippen LogP contribution in [0.5, 0.6) is 0 Å². The van der Waals surface area contributed by atoms with E-state index in [-0.39, 0.29) is 0 Å². The molecule has 0 saturated carbocycles. The fourth-order valence-electron chi connectivity index (χ4n) is 4.46.